The van der Waals surface area contributed by atoms with Gasteiger partial charge in [-0.3, -0.25) is 0 Å². The van der Waals surface area contributed by atoms with Crippen LogP contribution in [0.15, 0.2) is 235 Å². The van der Waals surface area contributed by atoms with Crippen molar-refractivity contribution in [2.45, 2.75) is 6.92 Å². The molecule has 0 aliphatic heterocycles. The van der Waals surface area contributed by atoms with Gasteiger partial charge in [0.15, 0.2) is 0 Å². The SMILES string of the molecule is C=C/C(c1c2ccccc2c(-c2ccc3oc4cc(-c5c6ccccc6c(-c6ccccc6)c6ccccc56)ccc4c3c2)c2ccccc12)=c1/cccc/c1=C(/C)c1ccccc1. The largest absolute Gasteiger partial charge is 0.456 e. The summed E-state index contributed by atoms with van der Waals surface area (Å²) >= 11 is 0. The lowest BCUT2D eigenvalue weighted by Crippen LogP contribution is -2.28. The molecule has 0 saturated carbocycles. The second-order valence-corrected chi connectivity index (χ2v) is 16.7. The van der Waals surface area contributed by atoms with Crippen molar-refractivity contribution >= 4 is 76.2 Å². The summed E-state index contributed by atoms with van der Waals surface area (Å²) in [5, 5.41) is 14.3. The summed E-state index contributed by atoms with van der Waals surface area (Å²) in [5.74, 6) is 0. The number of hydrogen-bond donors (Lipinski definition) is 0. The molecule has 64 heavy (non-hydrogen) atoms. The summed E-state index contributed by atoms with van der Waals surface area (Å²) in [7, 11) is 0. The molecule has 0 spiro atoms. The predicted octanol–water partition coefficient (Wildman–Crippen LogP) is 15.8. The molecule has 0 atom stereocenters. The zero-order chi connectivity index (χ0) is 42.7. The fourth-order valence-corrected chi connectivity index (χ4v) is 10.4. The van der Waals surface area contributed by atoms with E-state index >= 15 is 0 Å². The highest BCUT2D eigenvalue weighted by Crippen LogP contribution is 2.46. The lowest BCUT2D eigenvalue weighted by atomic mass is 9.84. The highest BCUT2D eigenvalue weighted by molar-refractivity contribution is 6.23. The molecule has 0 bridgehead atoms. The van der Waals surface area contributed by atoms with Gasteiger partial charge in [0.05, 0.1) is 0 Å². The number of benzene rings is 11. The molecule has 11 aromatic carbocycles. The molecule has 0 N–H and O–H groups in total. The highest BCUT2D eigenvalue weighted by Gasteiger charge is 2.21. The molecule has 12 rings (SSSR count). The first-order chi connectivity index (χ1) is 31.7. The summed E-state index contributed by atoms with van der Waals surface area (Å²) in [6.07, 6.45) is 2.05. The van der Waals surface area contributed by atoms with E-state index in [9.17, 15) is 0 Å². The zero-order valence-corrected chi connectivity index (χ0v) is 35.5. The highest BCUT2D eigenvalue weighted by atomic mass is 16.3. The van der Waals surface area contributed by atoms with Crippen LogP contribution in [0.5, 0.6) is 0 Å². The third kappa shape index (κ3) is 5.93. The van der Waals surface area contributed by atoms with E-state index in [1.165, 1.54) is 92.5 Å². The van der Waals surface area contributed by atoms with Crippen molar-refractivity contribution in [3.8, 4) is 33.4 Å². The van der Waals surface area contributed by atoms with E-state index in [4.69, 9.17) is 4.42 Å². The van der Waals surface area contributed by atoms with Crippen molar-refractivity contribution in [2.75, 3.05) is 0 Å². The van der Waals surface area contributed by atoms with Crippen LogP contribution >= 0.6 is 0 Å². The molecular formula is C63H42O. The fraction of sp³-hybridized carbons (Fsp3) is 0.0159. The van der Waals surface area contributed by atoms with Crippen molar-refractivity contribution in [1.82, 2.24) is 0 Å². The topological polar surface area (TPSA) is 13.1 Å². The predicted molar refractivity (Wildman–Crippen MR) is 273 cm³/mol. The molecule has 0 radical (unpaired) electrons. The normalized spacial score (nSPS) is 12.7. The van der Waals surface area contributed by atoms with Crippen LogP contribution in [-0.2, 0) is 0 Å². The van der Waals surface area contributed by atoms with Gasteiger partial charge in [-0.15, -0.1) is 0 Å². The molecule has 0 unspecified atom stereocenters. The van der Waals surface area contributed by atoms with E-state index in [0.717, 1.165) is 38.6 Å². The van der Waals surface area contributed by atoms with E-state index in [0.29, 0.717) is 0 Å². The van der Waals surface area contributed by atoms with Gasteiger partial charge in [-0.05, 0) is 140 Å². The molecular weight excluding hydrogens is 773 g/mol. The van der Waals surface area contributed by atoms with Gasteiger partial charge in [0.2, 0.25) is 0 Å². The molecule has 300 valence electrons. The summed E-state index contributed by atoms with van der Waals surface area (Å²) in [4.78, 5) is 0. The number of furan rings is 1. The third-order valence-electron chi connectivity index (χ3n) is 13.3. The standard InChI is InChI=1S/C63H42O/c1-3-45(47-25-11-10-24-46(47)40(2)41-20-6-4-7-21-41)63-55-32-18-16-30-53(55)61(54-31-17-19-33-56(54)63)43-35-37-58-57(38-43)48-36-34-44(39-59(48)64-58)62-51-28-14-12-26-49(51)60(42-22-8-5-9-23-42)50-27-13-15-29-52(50)62/h3-39H,1H2,2H3/b46-40+,47-45+. The number of hydrogen-bond acceptors (Lipinski definition) is 1. The molecule has 0 fully saturated rings. The number of allylic oxidation sites excluding steroid dienone is 1. The zero-order valence-electron chi connectivity index (χ0n) is 35.5. The average Bonchev–Trinajstić information content (AvgIpc) is 3.73. The second kappa shape index (κ2) is 15.3. The first kappa shape index (κ1) is 37.5. The van der Waals surface area contributed by atoms with E-state index in [2.05, 4.69) is 232 Å². The molecule has 0 aliphatic rings. The maximum Gasteiger partial charge on any atom is 0.136 e. The Labute approximate surface area is 371 Å². The average molecular weight is 815 g/mol. The Hall–Kier alpha value is -8.26. The molecule has 1 aromatic heterocycles. The van der Waals surface area contributed by atoms with Crippen molar-refractivity contribution in [1.29, 1.82) is 0 Å². The van der Waals surface area contributed by atoms with Crippen LogP contribution in [0.3, 0.4) is 0 Å². The maximum atomic E-state index is 6.76. The molecule has 1 heteroatoms. The van der Waals surface area contributed by atoms with Gasteiger partial charge in [-0.25, -0.2) is 0 Å². The van der Waals surface area contributed by atoms with Crippen LogP contribution < -0.4 is 10.4 Å². The lowest BCUT2D eigenvalue weighted by molar-refractivity contribution is 0.669. The lowest BCUT2D eigenvalue weighted by Gasteiger charge is -2.18. The molecule has 0 aliphatic carbocycles. The third-order valence-corrected chi connectivity index (χ3v) is 13.3. The fourth-order valence-electron chi connectivity index (χ4n) is 10.4. The Kier molecular flexibility index (Phi) is 8.95. The van der Waals surface area contributed by atoms with Crippen molar-refractivity contribution in [2.24, 2.45) is 0 Å². The Balaban J connectivity index is 1.06. The minimum Gasteiger partial charge on any atom is -0.456 e. The van der Waals surface area contributed by atoms with Crippen molar-refractivity contribution in [3.05, 3.63) is 253 Å². The van der Waals surface area contributed by atoms with Crippen molar-refractivity contribution < 1.29 is 4.42 Å². The van der Waals surface area contributed by atoms with Gasteiger partial charge in [0, 0.05) is 10.8 Å². The summed E-state index contributed by atoms with van der Waals surface area (Å²) in [6.45, 7) is 6.67. The summed E-state index contributed by atoms with van der Waals surface area (Å²) in [6, 6.07) is 79.0. The van der Waals surface area contributed by atoms with Crippen LogP contribution in [0.2, 0.25) is 0 Å². The van der Waals surface area contributed by atoms with Crippen LogP contribution in [0.1, 0.15) is 18.1 Å². The van der Waals surface area contributed by atoms with Gasteiger partial charge in [0.25, 0.3) is 0 Å². The van der Waals surface area contributed by atoms with Crippen LogP contribution in [0, 0.1) is 0 Å². The minimum atomic E-state index is 0.874. The Bertz CT molecular complexity index is 3850. The van der Waals surface area contributed by atoms with E-state index < -0.39 is 0 Å². The van der Waals surface area contributed by atoms with Crippen LogP contribution in [0.25, 0.3) is 110 Å². The van der Waals surface area contributed by atoms with E-state index in [1.54, 1.807) is 0 Å². The van der Waals surface area contributed by atoms with E-state index in [-0.39, 0.29) is 0 Å². The molecule has 0 saturated heterocycles. The smallest absolute Gasteiger partial charge is 0.136 e. The van der Waals surface area contributed by atoms with Crippen LogP contribution in [-0.4, -0.2) is 0 Å². The first-order valence-electron chi connectivity index (χ1n) is 22.0. The van der Waals surface area contributed by atoms with Gasteiger partial charge in [-0.1, -0.05) is 207 Å². The van der Waals surface area contributed by atoms with Gasteiger partial charge >= 0.3 is 0 Å². The van der Waals surface area contributed by atoms with Gasteiger partial charge in [0.1, 0.15) is 11.2 Å². The quantitative estimate of drug-likeness (QED) is 0.152. The van der Waals surface area contributed by atoms with Gasteiger partial charge in [-0.2, -0.15) is 0 Å². The Morgan fingerprint density at radius 1 is 0.359 bits per heavy atom. The molecule has 1 heterocycles. The Morgan fingerprint density at radius 2 is 0.797 bits per heavy atom. The Morgan fingerprint density at radius 3 is 1.36 bits per heavy atom. The molecule has 12 aromatic rings. The molecule has 0 amide bonds. The maximum absolute atomic E-state index is 6.76. The molecule has 1 nitrogen and oxygen atoms in total. The second-order valence-electron chi connectivity index (χ2n) is 16.7. The summed E-state index contributed by atoms with van der Waals surface area (Å²) in [5.41, 5.74) is 13.7. The van der Waals surface area contributed by atoms with E-state index in [1.807, 2.05) is 6.08 Å². The number of rotatable bonds is 6. The van der Waals surface area contributed by atoms with Gasteiger partial charge < -0.3 is 4.42 Å². The minimum absolute atomic E-state index is 0.874. The number of fused-ring (bicyclic) bond motifs is 7. The first-order valence-corrected chi connectivity index (χ1v) is 22.0. The van der Waals surface area contributed by atoms with Crippen LogP contribution in [0.4, 0.5) is 0 Å². The monoisotopic (exact) mass is 814 g/mol. The van der Waals surface area contributed by atoms with Crippen molar-refractivity contribution in [3.63, 3.8) is 0 Å². The summed E-state index contributed by atoms with van der Waals surface area (Å²) < 4.78 is 6.76.